The van der Waals surface area contributed by atoms with E-state index in [9.17, 15) is 4.79 Å². The van der Waals surface area contributed by atoms with Crippen LogP contribution in [0.4, 0.5) is 0 Å². The molecule has 2 aliphatic rings. The van der Waals surface area contributed by atoms with Crippen LogP contribution in [0, 0.1) is 6.92 Å². The second-order valence-corrected chi connectivity index (χ2v) is 7.22. The lowest BCUT2D eigenvalue weighted by molar-refractivity contribution is 0.0880. The minimum absolute atomic E-state index is 0.122. The highest BCUT2D eigenvalue weighted by Gasteiger charge is 2.22. The zero-order valence-electron chi connectivity index (χ0n) is 16.1. The van der Waals surface area contributed by atoms with Crippen molar-refractivity contribution in [2.45, 2.75) is 32.2 Å². The van der Waals surface area contributed by atoms with Crippen molar-refractivity contribution >= 4 is 5.91 Å². The van der Waals surface area contributed by atoms with Crippen LogP contribution in [0.5, 0.6) is 17.2 Å². The Hall–Kier alpha value is -2.67. The maximum atomic E-state index is 12.2. The van der Waals surface area contributed by atoms with Gasteiger partial charge in [0, 0.05) is 31.7 Å². The SMILES string of the molecule is Cc1ccc(C(=O)NC2CCN(CCCOc3ccc4c(c3)OCO4)CC2)o1. The summed E-state index contributed by atoms with van der Waals surface area (Å²) in [6, 6.07) is 9.39. The van der Waals surface area contributed by atoms with Crippen LogP contribution in [-0.2, 0) is 0 Å². The fourth-order valence-corrected chi connectivity index (χ4v) is 3.56. The van der Waals surface area contributed by atoms with E-state index in [1.54, 1.807) is 6.07 Å². The minimum atomic E-state index is -0.122. The van der Waals surface area contributed by atoms with Gasteiger partial charge in [-0.2, -0.15) is 0 Å². The number of likely N-dealkylation sites (tertiary alicyclic amines) is 1. The zero-order chi connectivity index (χ0) is 19.3. The lowest BCUT2D eigenvalue weighted by Gasteiger charge is -2.32. The van der Waals surface area contributed by atoms with Crippen molar-refractivity contribution in [3.05, 3.63) is 41.9 Å². The second-order valence-electron chi connectivity index (χ2n) is 7.22. The average Bonchev–Trinajstić information content (AvgIpc) is 3.35. The van der Waals surface area contributed by atoms with E-state index < -0.39 is 0 Å². The number of furan rings is 1. The standard InChI is InChI=1S/C21H26N2O5/c1-15-3-5-19(28-15)21(24)22-16-7-10-23(11-8-16)9-2-12-25-17-4-6-18-20(13-17)27-14-26-18/h3-6,13,16H,2,7-12,14H2,1H3,(H,22,24). The van der Waals surface area contributed by atoms with E-state index in [2.05, 4.69) is 10.2 Å². The molecule has 1 aromatic heterocycles. The van der Waals surface area contributed by atoms with E-state index >= 15 is 0 Å². The summed E-state index contributed by atoms with van der Waals surface area (Å²) in [5.74, 6) is 3.34. The van der Waals surface area contributed by atoms with Gasteiger partial charge < -0.3 is 28.8 Å². The zero-order valence-corrected chi connectivity index (χ0v) is 16.1. The Balaban J connectivity index is 1.13. The third-order valence-electron chi connectivity index (χ3n) is 5.12. The summed E-state index contributed by atoms with van der Waals surface area (Å²) < 4.78 is 21.9. The van der Waals surface area contributed by atoms with Gasteiger partial charge in [-0.25, -0.2) is 0 Å². The topological polar surface area (TPSA) is 73.2 Å². The highest BCUT2D eigenvalue weighted by atomic mass is 16.7. The Labute approximate surface area is 164 Å². The van der Waals surface area contributed by atoms with Crippen molar-refractivity contribution in [2.75, 3.05) is 33.0 Å². The molecule has 3 heterocycles. The third kappa shape index (κ3) is 4.59. The summed E-state index contributed by atoms with van der Waals surface area (Å²) in [6.45, 7) is 5.72. The van der Waals surface area contributed by atoms with Gasteiger partial charge in [-0.3, -0.25) is 4.79 Å². The molecule has 1 amide bonds. The second kappa shape index (κ2) is 8.56. The largest absolute Gasteiger partial charge is 0.493 e. The van der Waals surface area contributed by atoms with Crippen molar-refractivity contribution in [2.24, 2.45) is 0 Å². The lowest BCUT2D eigenvalue weighted by atomic mass is 10.0. The molecule has 0 atom stereocenters. The minimum Gasteiger partial charge on any atom is -0.493 e. The maximum absolute atomic E-state index is 12.2. The van der Waals surface area contributed by atoms with Crippen LogP contribution < -0.4 is 19.5 Å². The molecule has 0 radical (unpaired) electrons. The van der Waals surface area contributed by atoms with Gasteiger partial charge in [-0.1, -0.05) is 0 Å². The van der Waals surface area contributed by atoms with Crippen molar-refractivity contribution in [1.29, 1.82) is 0 Å². The number of rotatable bonds is 7. The van der Waals surface area contributed by atoms with Gasteiger partial charge in [0.2, 0.25) is 6.79 Å². The Morgan fingerprint density at radius 2 is 2.00 bits per heavy atom. The Kier molecular flexibility index (Phi) is 5.71. The van der Waals surface area contributed by atoms with E-state index in [1.165, 1.54) is 0 Å². The Bertz CT molecular complexity index is 811. The van der Waals surface area contributed by atoms with Crippen molar-refractivity contribution < 1.29 is 23.4 Å². The van der Waals surface area contributed by atoms with Crippen LogP contribution in [0.2, 0.25) is 0 Å². The van der Waals surface area contributed by atoms with E-state index in [-0.39, 0.29) is 18.7 Å². The molecule has 4 rings (SSSR count). The van der Waals surface area contributed by atoms with Gasteiger partial charge in [-0.05, 0) is 50.5 Å². The molecule has 0 saturated carbocycles. The highest BCUT2D eigenvalue weighted by molar-refractivity contribution is 5.91. The number of nitrogens with zero attached hydrogens (tertiary/aromatic N) is 1. The van der Waals surface area contributed by atoms with Crippen molar-refractivity contribution in [1.82, 2.24) is 10.2 Å². The number of ether oxygens (including phenoxy) is 3. The molecular formula is C21H26N2O5. The van der Waals surface area contributed by atoms with E-state index in [4.69, 9.17) is 18.6 Å². The molecule has 28 heavy (non-hydrogen) atoms. The molecule has 7 nitrogen and oxygen atoms in total. The number of hydrogen-bond acceptors (Lipinski definition) is 6. The van der Waals surface area contributed by atoms with Gasteiger partial charge >= 0.3 is 0 Å². The van der Waals surface area contributed by atoms with E-state index in [1.807, 2.05) is 31.2 Å². The van der Waals surface area contributed by atoms with Gasteiger partial charge in [-0.15, -0.1) is 0 Å². The number of carbonyl (C=O) groups excluding carboxylic acids is 1. The van der Waals surface area contributed by atoms with Crippen LogP contribution in [0.15, 0.2) is 34.7 Å². The maximum Gasteiger partial charge on any atom is 0.287 e. The Morgan fingerprint density at radius 3 is 2.79 bits per heavy atom. The number of aryl methyl sites for hydroxylation is 1. The number of hydrogen-bond donors (Lipinski definition) is 1. The smallest absolute Gasteiger partial charge is 0.287 e. The molecule has 150 valence electrons. The number of amides is 1. The van der Waals surface area contributed by atoms with Crippen molar-refractivity contribution in [3.63, 3.8) is 0 Å². The first kappa shape index (κ1) is 18.7. The summed E-state index contributed by atoms with van der Waals surface area (Å²) in [5, 5.41) is 3.07. The van der Waals surface area contributed by atoms with Crippen LogP contribution in [-0.4, -0.2) is 49.9 Å². The quantitative estimate of drug-likeness (QED) is 0.738. The van der Waals surface area contributed by atoms with Crippen molar-refractivity contribution in [3.8, 4) is 17.2 Å². The van der Waals surface area contributed by atoms with E-state index in [0.29, 0.717) is 12.4 Å². The third-order valence-corrected chi connectivity index (χ3v) is 5.12. The molecule has 0 unspecified atom stereocenters. The summed E-state index contributed by atoms with van der Waals surface area (Å²) in [7, 11) is 0. The van der Waals surface area contributed by atoms with Gasteiger partial charge in [0.05, 0.1) is 6.61 Å². The highest BCUT2D eigenvalue weighted by Crippen LogP contribution is 2.35. The Morgan fingerprint density at radius 1 is 1.18 bits per heavy atom. The normalized spacial score (nSPS) is 16.9. The summed E-state index contributed by atoms with van der Waals surface area (Å²) in [4.78, 5) is 14.6. The molecule has 2 aliphatic heterocycles. The van der Waals surface area contributed by atoms with Crippen LogP contribution >= 0.6 is 0 Å². The van der Waals surface area contributed by atoms with Gasteiger partial charge in [0.1, 0.15) is 11.5 Å². The average molecular weight is 386 g/mol. The predicted octanol–water partition coefficient (Wildman–Crippen LogP) is 2.98. The van der Waals surface area contributed by atoms with Crippen LogP contribution in [0.1, 0.15) is 35.6 Å². The molecule has 1 aromatic carbocycles. The number of nitrogens with one attached hydrogen (secondary N) is 1. The number of piperidine rings is 1. The van der Waals surface area contributed by atoms with Gasteiger partial charge in [0.25, 0.3) is 5.91 Å². The molecule has 7 heteroatoms. The molecule has 0 spiro atoms. The van der Waals surface area contributed by atoms with Crippen LogP contribution in [0.25, 0.3) is 0 Å². The molecule has 2 aromatic rings. The summed E-state index contributed by atoms with van der Waals surface area (Å²) >= 11 is 0. The number of benzene rings is 1. The first-order chi connectivity index (χ1) is 13.7. The summed E-state index contributed by atoms with van der Waals surface area (Å²) in [6.07, 6.45) is 2.86. The first-order valence-electron chi connectivity index (χ1n) is 9.79. The number of carbonyl (C=O) groups is 1. The molecule has 0 bridgehead atoms. The lowest BCUT2D eigenvalue weighted by Crippen LogP contribution is -2.44. The molecule has 0 aliphatic carbocycles. The monoisotopic (exact) mass is 386 g/mol. The van der Waals surface area contributed by atoms with E-state index in [0.717, 1.165) is 61.9 Å². The van der Waals surface area contributed by atoms with Crippen LogP contribution in [0.3, 0.4) is 0 Å². The van der Waals surface area contributed by atoms with Gasteiger partial charge in [0.15, 0.2) is 17.3 Å². The predicted molar refractivity (Wildman–Crippen MR) is 103 cm³/mol. The fraction of sp³-hybridized carbons (Fsp3) is 0.476. The molecule has 1 saturated heterocycles. The molecule has 1 N–H and O–H groups in total. The summed E-state index contributed by atoms with van der Waals surface area (Å²) in [5.41, 5.74) is 0. The number of fused-ring (bicyclic) bond motifs is 1. The molecular weight excluding hydrogens is 360 g/mol. The first-order valence-corrected chi connectivity index (χ1v) is 9.79. The fourth-order valence-electron chi connectivity index (χ4n) is 3.56. The molecule has 1 fully saturated rings.